The van der Waals surface area contributed by atoms with Crippen LogP contribution in [0.4, 0.5) is 17.6 Å². The largest absolute Gasteiger partial charge is 0.456 e. The zero-order valence-electron chi connectivity index (χ0n) is 40.4. The van der Waals surface area contributed by atoms with Crippen molar-refractivity contribution in [1.29, 1.82) is 0 Å². The Morgan fingerprint density at radius 1 is 0.609 bits per heavy atom. The lowest BCUT2D eigenvalue weighted by Gasteiger charge is -2.24. The zero-order valence-corrected chi connectivity index (χ0v) is 42.9. The second-order valence-electron chi connectivity index (χ2n) is 18.8. The van der Waals surface area contributed by atoms with Crippen LogP contribution in [-0.2, 0) is 26.5 Å². The van der Waals surface area contributed by atoms with Crippen LogP contribution in [0.3, 0.4) is 0 Å². The van der Waals surface area contributed by atoms with Crippen molar-refractivity contribution in [2.24, 2.45) is 0 Å². The van der Waals surface area contributed by atoms with Gasteiger partial charge in [0.05, 0.1) is 9.79 Å². The van der Waals surface area contributed by atoms with Crippen molar-refractivity contribution in [2.75, 3.05) is 5.75 Å². The van der Waals surface area contributed by atoms with E-state index in [4.69, 9.17) is 4.74 Å². The van der Waals surface area contributed by atoms with Gasteiger partial charge in [-0.1, -0.05) is 148 Å². The molecule has 0 spiro atoms. The van der Waals surface area contributed by atoms with Crippen LogP contribution < -0.4 is 19.3 Å². The first-order chi connectivity index (χ1) is 32.7. The van der Waals surface area contributed by atoms with Gasteiger partial charge in [0.25, 0.3) is 20.0 Å². The van der Waals surface area contributed by atoms with E-state index in [0.717, 1.165) is 28.8 Å². The molecule has 0 aliphatic carbocycles. The number of rotatable bonds is 17. The zero-order chi connectivity index (χ0) is 50.1. The molecule has 0 unspecified atom stereocenters. The summed E-state index contributed by atoms with van der Waals surface area (Å²) in [5.74, 6) is -6.44. The summed E-state index contributed by atoms with van der Waals surface area (Å²) in [6.45, 7) is 19.1. The average Bonchev–Trinajstić information content (AvgIpc) is 3.29. The highest BCUT2D eigenvalue weighted by atomic mass is 32.3. The predicted octanol–water partition coefficient (Wildman–Crippen LogP) is 13.5. The van der Waals surface area contributed by atoms with Crippen LogP contribution in [0.5, 0.6) is 11.5 Å². The van der Waals surface area contributed by atoms with E-state index in [2.05, 4.69) is 97.9 Å². The molecule has 0 saturated heterocycles. The van der Waals surface area contributed by atoms with Gasteiger partial charge in [-0.3, -0.25) is 0 Å². The van der Waals surface area contributed by atoms with Crippen molar-refractivity contribution >= 4 is 43.5 Å². The third kappa shape index (κ3) is 10.6. The maximum atomic E-state index is 15.6. The fourth-order valence-corrected chi connectivity index (χ4v) is 13.3. The molecule has 0 amide bonds. The number of sulfonamides is 2. The van der Waals surface area contributed by atoms with Gasteiger partial charge in [0, 0.05) is 21.9 Å². The van der Waals surface area contributed by atoms with E-state index in [0.29, 0.717) is 58.9 Å². The normalized spacial score (nSPS) is 13.2. The first-order valence-corrected chi connectivity index (χ1v) is 27.4. The minimum Gasteiger partial charge on any atom is -0.456 e. The van der Waals surface area contributed by atoms with E-state index in [1.54, 1.807) is 6.07 Å². The van der Waals surface area contributed by atoms with E-state index in [1.165, 1.54) is 44.1 Å². The summed E-state index contributed by atoms with van der Waals surface area (Å²) in [6.07, 6.45) is 4.66. The predicted molar refractivity (Wildman–Crippen MR) is 270 cm³/mol. The molecule has 7 rings (SSSR count). The Hall–Kier alpha value is -5.21. The monoisotopic (exact) mass is 997 g/mol. The van der Waals surface area contributed by atoms with Gasteiger partial charge < -0.3 is 4.74 Å². The molecule has 0 fully saturated rings. The van der Waals surface area contributed by atoms with Crippen molar-refractivity contribution < 1.29 is 39.1 Å². The summed E-state index contributed by atoms with van der Waals surface area (Å²) < 4.78 is 127. The molecule has 364 valence electrons. The molecular weight excluding hydrogens is 939 g/mol. The fraction of sp³-hybridized carbons (Fsp3) is 0.321. The van der Waals surface area contributed by atoms with Crippen LogP contribution in [0.25, 0.3) is 11.6 Å². The van der Waals surface area contributed by atoms with Gasteiger partial charge in [0.15, 0.2) is 28.2 Å². The SMILES string of the molecule is CCCCCSc1c(F)c(F)c(S(=O)(=O)NS(=O)(=O)c2ccccc2C2=c3cc/c(=C\c4c(C(C)C)cccc4C(C)C)cc3Oc3cc(Cc4c(C(C)C)cccc4C(C)C)ccc32)c(F)c1F. The summed E-state index contributed by atoms with van der Waals surface area (Å²) in [7, 11) is -11.1. The molecule has 0 radical (unpaired) electrons. The van der Waals surface area contributed by atoms with E-state index >= 15 is 17.6 Å². The summed E-state index contributed by atoms with van der Waals surface area (Å²) in [5.41, 5.74) is 8.94. The maximum absolute atomic E-state index is 15.6. The number of hydrogen-bond acceptors (Lipinski definition) is 6. The number of unbranched alkanes of at least 4 members (excludes halogenated alkanes) is 2. The Bertz CT molecular complexity index is 3210. The minimum absolute atomic E-state index is 0.0344. The van der Waals surface area contributed by atoms with Crippen molar-refractivity contribution in [2.45, 2.75) is 126 Å². The van der Waals surface area contributed by atoms with Crippen LogP contribution in [0.2, 0.25) is 0 Å². The number of benzene rings is 6. The van der Waals surface area contributed by atoms with Gasteiger partial charge in [0.2, 0.25) is 0 Å². The molecule has 1 aliphatic rings. The topological polar surface area (TPSA) is 89.5 Å². The number of thioether (sulfide) groups is 1. The van der Waals surface area contributed by atoms with Gasteiger partial charge in [-0.15, -0.1) is 15.9 Å². The van der Waals surface area contributed by atoms with Crippen molar-refractivity contribution in [3.63, 3.8) is 0 Å². The highest BCUT2D eigenvalue weighted by molar-refractivity contribution is 8.04. The van der Waals surface area contributed by atoms with E-state index in [1.807, 2.05) is 43.3 Å². The highest BCUT2D eigenvalue weighted by Crippen LogP contribution is 2.41. The molecule has 13 heteroatoms. The highest BCUT2D eigenvalue weighted by Gasteiger charge is 2.37. The van der Waals surface area contributed by atoms with Gasteiger partial charge in [-0.25, -0.2) is 34.4 Å². The average molecular weight is 998 g/mol. The van der Waals surface area contributed by atoms with Crippen molar-refractivity contribution in [3.05, 3.63) is 181 Å². The molecule has 0 bridgehead atoms. The smallest absolute Gasteiger partial charge is 0.259 e. The summed E-state index contributed by atoms with van der Waals surface area (Å²) in [4.78, 5) is -3.69. The third-order valence-electron chi connectivity index (χ3n) is 12.5. The van der Waals surface area contributed by atoms with Crippen LogP contribution in [0, 0.1) is 23.3 Å². The van der Waals surface area contributed by atoms with Gasteiger partial charge in [-0.05, 0) is 117 Å². The molecule has 1 heterocycles. The molecule has 6 nitrogen and oxygen atoms in total. The number of nitrogens with one attached hydrogen (secondary N) is 1. The quantitative estimate of drug-likeness (QED) is 0.0423. The van der Waals surface area contributed by atoms with Gasteiger partial charge in [-0.2, -0.15) is 0 Å². The second-order valence-corrected chi connectivity index (χ2v) is 23.5. The Morgan fingerprint density at radius 3 is 1.77 bits per heavy atom. The number of hydrogen-bond donors (Lipinski definition) is 1. The Labute approximate surface area is 409 Å². The molecule has 6 aromatic carbocycles. The van der Waals surface area contributed by atoms with Crippen molar-refractivity contribution in [3.8, 4) is 11.5 Å². The van der Waals surface area contributed by atoms with E-state index in [-0.39, 0.29) is 35.0 Å². The van der Waals surface area contributed by atoms with Crippen LogP contribution >= 0.6 is 11.8 Å². The lowest BCUT2D eigenvalue weighted by Crippen LogP contribution is -2.33. The fourth-order valence-electron chi connectivity index (χ4n) is 9.12. The molecule has 0 aromatic heterocycles. The maximum Gasteiger partial charge on any atom is 0.259 e. The molecular formula is C56H59F4NO5S3. The summed E-state index contributed by atoms with van der Waals surface area (Å²) >= 11 is 0.508. The van der Waals surface area contributed by atoms with Crippen LogP contribution in [-0.4, -0.2) is 22.6 Å². The lowest BCUT2D eigenvalue weighted by atomic mass is 9.85. The Morgan fingerprint density at radius 2 is 1.19 bits per heavy atom. The third-order valence-corrected chi connectivity index (χ3v) is 17.2. The van der Waals surface area contributed by atoms with E-state index < -0.39 is 58.0 Å². The molecule has 1 aliphatic heterocycles. The lowest BCUT2D eigenvalue weighted by molar-refractivity contribution is 0.395. The van der Waals surface area contributed by atoms with Crippen LogP contribution in [0.15, 0.2) is 112 Å². The number of ether oxygens (including phenoxy) is 1. The second kappa shape index (κ2) is 21.0. The Kier molecular flexibility index (Phi) is 15.7. The van der Waals surface area contributed by atoms with Gasteiger partial charge >= 0.3 is 0 Å². The van der Waals surface area contributed by atoms with E-state index in [9.17, 15) is 16.8 Å². The summed E-state index contributed by atoms with van der Waals surface area (Å²) in [6, 6.07) is 29.6. The van der Waals surface area contributed by atoms with Gasteiger partial charge in [0.1, 0.15) is 11.5 Å². The number of halogens is 4. The Balaban J connectivity index is 1.41. The minimum atomic E-state index is -5.81. The van der Waals surface area contributed by atoms with Crippen LogP contribution in [0.1, 0.15) is 155 Å². The van der Waals surface area contributed by atoms with Crippen molar-refractivity contribution in [1.82, 2.24) is 4.13 Å². The molecule has 1 N–H and O–H groups in total. The molecule has 0 atom stereocenters. The standard InChI is InChI=1S/C56H59F4NO5S3/c1-10-11-14-27-67-55-51(57)53(59)56(54(60)52(55)58)69(64,65)61-68(62,63)49-22-13-12-17-44(49)50-42-25-23-36(28-45-38(32(2)3)18-15-19-39(45)33(4)5)30-47(42)66-48-31-37(24-26-43(48)50)29-46-40(34(6)7)20-16-21-41(46)35(8)9/h12-13,15-26,28,30-35,61H,10-11,14,27,29H2,1-9H3/b36-28+. The first kappa shape index (κ1) is 51.6. The molecule has 69 heavy (non-hydrogen) atoms. The molecule has 0 saturated carbocycles. The summed E-state index contributed by atoms with van der Waals surface area (Å²) in [5, 5.41) is 1.30. The first-order valence-electron chi connectivity index (χ1n) is 23.4. The molecule has 6 aromatic rings. The number of fused-ring (bicyclic) bond motifs is 2.